The summed E-state index contributed by atoms with van der Waals surface area (Å²) in [5.74, 6) is 2.19. The fraction of sp³-hybridized carbons (Fsp3) is 0.143. The third-order valence-electron chi connectivity index (χ3n) is 2.46. The molecule has 2 aromatic rings. The summed E-state index contributed by atoms with van der Waals surface area (Å²) >= 11 is 5.99. The Labute approximate surface area is 111 Å². The highest BCUT2D eigenvalue weighted by molar-refractivity contribution is 6.30. The monoisotopic (exact) mass is 263 g/mol. The van der Waals surface area contributed by atoms with Crippen LogP contribution in [0.4, 0.5) is 0 Å². The normalized spacial score (nSPS) is 10.2. The first kappa shape index (κ1) is 12.7. The van der Waals surface area contributed by atoms with Gasteiger partial charge in [-0.25, -0.2) is 0 Å². The highest BCUT2D eigenvalue weighted by Crippen LogP contribution is 2.27. The standard InChI is InChI=1S/C14H14ClNO2/c1-17-12-2-4-13(5-3-12)18-14-7-10(9-16)6-11(15)8-14/h2-8H,9,16H2,1H3. The lowest BCUT2D eigenvalue weighted by Gasteiger charge is -2.08. The summed E-state index contributed by atoms with van der Waals surface area (Å²) in [4.78, 5) is 0. The lowest BCUT2D eigenvalue weighted by Crippen LogP contribution is -1.96. The number of ether oxygens (including phenoxy) is 2. The number of halogens is 1. The second kappa shape index (κ2) is 5.76. The van der Waals surface area contributed by atoms with E-state index in [-0.39, 0.29) is 0 Å². The molecule has 0 aliphatic carbocycles. The van der Waals surface area contributed by atoms with Crippen LogP contribution in [0.2, 0.25) is 5.02 Å². The van der Waals surface area contributed by atoms with Crippen LogP contribution in [0.15, 0.2) is 42.5 Å². The summed E-state index contributed by atoms with van der Waals surface area (Å²) in [7, 11) is 1.63. The fourth-order valence-corrected chi connectivity index (χ4v) is 1.83. The number of methoxy groups -OCH3 is 1. The summed E-state index contributed by atoms with van der Waals surface area (Å²) in [5, 5.41) is 0.612. The SMILES string of the molecule is COc1ccc(Oc2cc(Cl)cc(CN)c2)cc1. The van der Waals surface area contributed by atoms with Crippen molar-refractivity contribution in [2.24, 2.45) is 5.73 Å². The third kappa shape index (κ3) is 3.15. The molecule has 3 nitrogen and oxygen atoms in total. The maximum absolute atomic E-state index is 5.99. The van der Waals surface area contributed by atoms with Gasteiger partial charge in [-0.1, -0.05) is 11.6 Å². The van der Waals surface area contributed by atoms with Crippen LogP contribution in [0, 0.1) is 0 Å². The Morgan fingerprint density at radius 2 is 1.67 bits per heavy atom. The first-order valence-electron chi connectivity index (χ1n) is 5.52. The Morgan fingerprint density at radius 3 is 2.28 bits per heavy atom. The topological polar surface area (TPSA) is 44.5 Å². The van der Waals surface area contributed by atoms with Crippen LogP contribution in [0.25, 0.3) is 0 Å². The van der Waals surface area contributed by atoms with E-state index in [4.69, 9.17) is 26.8 Å². The molecular formula is C14H14ClNO2. The van der Waals surface area contributed by atoms with Crippen molar-refractivity contribution in [1.82, 2.24) is 0 Å². The molecular weight excluding hydrogens is 250 g/mol. The van der Waals surface area contributed by atoms with E-state index >= 15 is 0 Å². The van der Waals surface area contributed by atoms with Crippen LogP contribution in [-0.2, 0) is 6.54 Å². The number of nitrogens with two attached hydrogens (primary N) is 1. The van der Waals surface area contributed by atoms with Gasteiger partial charge in [0.2, 0.25) is 0 Å². The highest BCUT2D eigenvalue weighted by Gasteiger charge is 2.02. The van der Waals surface area contributed by atoms with Gasteiger partial charge < -0.3 is 15.2 Å². The van der Waals surface area contributed by atoms with Crippen LogP contribution >= 0.6 is 11.6 Å². The van der Waals surface area contributed by atoms with Crippen molar-refractivity contribution in [2.45, 2.75) is 6.54 Å². The number of hydrogen-bond donors (Lipinski definition) is 1. The van der Waals surface area contributed by atoms with Gasteiger partial charge in [0.15, 0.2) is 0 Å². The van der Waals surface area contributed by atoms with Crippen molar-refractivity contribution in [3.8, 4) is 17.2 Å². The summed E-state index contributed by atoms with van der Waals surface area (Å²) in [6.07, 6.45) is 0. The van der Waals surface area contributed by atoms with Crippen LogP contribution in [0.3, 0.4) is 0 Å². The van der Waals surface area contributed by atoms with E-state index in [1.807, 2.05) is 36.4 Å². The minimum Gasteiger partial charge on any atom is -0.497 e. The van der Waals surface area contributed by atoms with Crippen molar-refractivity contribution < 1.29 is 9.47 Å². The molecule has 0 radical (unpaired) electrons. The van der Waals surface area contributed by atoms with Gasteiger partial charge in [0, 0.05) is 11.6 Å². The summed E-state index contributed by atoms with van der Waals surface area (Å²) < 4.78 is 10.8. The molecule has 0 unspecified atom stereocenters. The third-order valence-corrected chi connectivity index (χ3v) is 2.68. The molecule has 18 heavy (non-hydrogen) atoms. The van der Waals surface area contributed by atoms with Crippen LogP contribution in [0.1, 0.15) is 5.56 Å². The van der Waals surface area contributed by atoms with Crippen molar-refractivity contribution in [1.29, 1.82) is 0 Å². The van der Waals surface area contributed by atoms with E-state index in [1.54, 1.807) is 13.2 Å². The van der Waals surface area contributed by atoms with Crippen molar-refractivity contribution >= 4 is 11.6 Å². The molecule has 0 fully saturated rings. The fourth-order valence-electron chi connectivity index (χ4n) is 1.58. The van der Waals surface area contributed by atoms with E-state index in [0.29, 0.717) is 17.3 Å². The number of rotatable bonds is 4. The predicted molar refractivity (Wildman–Crippen MR) is 72.4 cm³/mol. The van der Waals surface area contributed by atoms with Crippen LogP contribution in [0.5, 0.6) is 17.2 Å². The second-order valence-corrected chi connectivity index (χ2v) is 4.21. The van der Waals surface area contributed by atoms with Gasteiger partial charge in [-0.15, -0.1) is 0 Å². The van der Waals surface area contributed by atoms with E-state index in [1.165, 1.54) is 0 Å². The van der Waals surface area contributed by atoms with Gasteiger partial charge in [0.05, 0.1) is 7.11 Å². The Bertz CT molecular complexity index is 526. The Morgan fingerprint density at radius 1 is 1.00 bits per heavy atom. The Kier molecular flexibility index (Phi) is 4.07. The smallest absolute Gasteiger partial charge is 0.129 e. The molecule has 94 valence electrons. The zero-order valence-electron chi connectivity index (χ0n) is 10.0. The lowest BCUT2D eigenvalue weighted by molar-refractivity contribution is 0.413. The van der Waals surface area contributed by atoms with E-state index in [2.05, 4.69) is 0 Å². The summed E-state index contributed by atoms with van der Waals surface area (Å²) in [5.41, 5.74) is 6.52. The van der Waals surface area contributed by atoms with Gasteiger partial charge in [0.25, 0.3) is 0 Å². The maximum Gasteiger partial charge on any atom is 0.129 e. The molecule has 2 aromatic carbocycles. The van der Waals surface area contributed by atoms with Crippen molar-refractivity contribution in [3.05, 3.63) is 53.1 Å². The quantitative estimate of drug-likeness (QED) is 0.917. The number of hydrogen-bond acceptors (Lipinski definition) is 3. The van der Waals surface area contributed by atoms with Crippen molar-refractivity contribution in [3.63, 3.8) is 0 Å². The first-order valence-corrected chi connectivity index (χ1v) is 5.90. The molecule has 2 N–H and O–H groups in total. The lowest BCUT2D eigenvalue weighted by atomic mass is 10.2. The van der Waals surface area contributed by atoms with Crippen molar-refractivity contribution in [2.75, 3.05) is 7.11 Å². The molecule has 0 bridgehead atoms. The molecule has 0 aliphatic rings. The minimum atomic E-state index is 0.430. The summed E-state index contributed by atoms with van der Waals surface area (Å²) in [6, 6.07) is 12.8. The van der Waals surface area contributed by atoms with E-state index in [9.17, 15) is 0 Å². The maximum atomic E-state index is 5.99. The van der Waals surface area contributed by atoms with Crippen LogP contribution in [-0.4, -0.2) is 7.11 Å². The molecule has 0 saturated carbocycles. The molecule has 0 spiro atoms. The van der Waals surface area contributed by atoms with E-state index < -0.39 is 0 Å². The van der Waals surface area contributed by atoms with Gasteiger partial charge in [-0.2, -0.15) is 0 Å². The molecule has 0 saturated heterocycles. The number of benzene rings is 2. The Hall–Kier alpha value is -1.71. The molecule has 4 heteroatoms. The molecule has 2 rings (SSSR count). The second-order valence-electron chi connectivity index (χ2n) is 3.78. The summed E-state index contributed by atoms with van der Waals surface area (Å²) in [6.45, 7) is 0.430. The van der Waals surface area contributed by atoms with E-state index in [0.717, 1.165) is 17.1 Å². The van der Waals surface area contributed by atoms with Gasteiger partial charge in [0.1, 0.15) is 17.2 Å². The first-order chi connectivity index (χ1) is 8.71. The zero-order chi connectivity index (χ0) is 13.0. The van der Waals surface area contributed by atoms with Crippen LogP contribution < -0.4 is 15.2 Å². The van der Waals surface area contributed by atoms with Gasteiger partial charge in [-0.3, -0.25) is 0 Å². The molecule has 0 atom stereocenters. The average molecular weight is 264 g/mol. The molecule has 0 aliphatic heterocycles. The molecule has 0 amide bonds. The molecule has 0 heterocycles. The zero-order valence-corrected chi connectivity index (χ0v) is 10.8. The predicted octanol–water partition coefficient (Wildman–Crippen LogP) is 3.60. The largest absolute Gasteiger partial charge is 0.497 e. The molecule has 0 aromatic heterocycles. The average Bonchev–Trinajstić information content (AvgIpc) is 2.39. The van der Waals surface area contributed by atoms with Gasteiger partial charge in [-0.05, 0) is 48.0 Å². The minimum absolute atomic E-state index is 0.430. The van der Waals surface area contributed by atoms with Gasteiger partial charge >= 0.3 is 0 Å². The Balaban J connectivity index is 2.19. The highest BCUT2D eigenvalue weighted by atomic mass is 35.5.